The van der Waals surface area contributed by atoms with Crippen LogP contribution >= 0.6 is 0 Å². The second-order valence-corrected chi connectivity index (χ2v) is 6.50. The highest BCUT2D eigenvalue weighted by Crippen LogP contribution is 2.30. The van der Waals surface area contributed by atoms with Gasteiger partial charge in [0.25, 0.3) is 0 Å². The highest BCUT2D eigenvalue weighted by molar-refractivity contribution is 5.79. The van der Waals surface area contributed by atoms with Gasteiger partial charge < -0.3 is 14.3 Å². The summed E-state index contributed by atoms with van der Waals surface area (Å²) in [5.41, 5.74) is 0. The molecule has 2 heterocycles. The molecule has 0 N–H and O–H groups in total. The fourth-order valence-corrected chi connectivity index (χ4v) is 3.66. The molecule has 1 aliphatic carbocycles. The third-order valence-corrected chi connectivity index (χ3v) is 4.91. The van der Waals surface area contributed by atoms with Gasteiger partial charge in [0.05, 0.1) is 0 Å². The van der Waals surface area contributed by atoms with E-state index in [4.69, 9.17) is 4.52 Å². The number of nitrogens with zero attached hydrogens (tertiary/aromatic N) is 4. The molecule has 7 nitrogen and oxygen atoms in total. The fraction of sp³-hybridized carbons (Fsp3) is 0.750. The first-order valence-electron chi connectivity index (χ1n) is 8.42. The van der Waals surface area contributed by atoms with Gasteiger partial charge in [-0.2, -0.15) is 4.98 Å². The monoisotopic (exact) mass is 320 g/mol. The predicted octanol–water partition coefficient (Wildman–Crippen LogP) is 1.69. The Hall–Kier alpha value is -1.92. The van der Waals surface area contributed by atoms with E-state index in [1.807, 2.05) is 4.90 Å². The van der Waals surface area contributed by atoms with Gasteiger partial charge in [-0.05, 0) is 26.2 Å². The minimum absolute atomic E-state index is 0.0268. The van der Waals surface area contributed by atoms with Crippen LogP contribution in [0, 0.1) is 12.8 Å². The van der Waals surface area contributed by atoms with E-state index in [-0.39, 0.29) is 23.8 Å². The van der Waals surface area contributed by atoms with Gasteiger partial charge >= 0.3 is 0 Å². The first-order chi connectivity index (χ1) is 11.1. The van der Waals surface area contributed by atoms with Gasteiger partial charge in [-0.3, -0.25) is 9.59 Å². The largest absolute Gasteiger partial charge is 0.341 e. The molecular formula is C16H24N4O3. The molecule has 2 amide bonds. The quantitative estimate of drug-likeness (QED) is 0.828. The van der Waals surface area contributed by atoms with Gasteiger partial charge in [-0.1, -0.05) is 18.0 Å². The Bertz CT molecular complexity index is 580. The zero-order valence-corrected chi connectivity index (χ0v) is 13.8. The lowest BCUT2D eigenvalue weighted by molar-refractivity contribution is -0.136. The molecule has 0 spiro atoms. The van der Waals surface area contributed by atoms with Crippen molar-refractivity contribution in [1.82, 2.24) is 19.9 Å². The van der Waals surface area contributed by atoms with Crippen molar-refractivity contribution in [2.45, 2.75) is 52.0 Å². The first kappa shape index (κ1) is 16.0. The van der Waals surface area contributed by atoms with Gasteiger partial charge in [-0.25, -0.2) is 0 Å². The predicted molar refractivity (Wildman–Crippen MR) is 82.3 cm³/mol. The zero-order chi connectivity index (χ0) is 16.4. The molecule has 1 saturated carbocycles. The molecule has 1 atom stereocenters. The van der Waals surface area contributed by atoms with Gasteiger partial charge in [0.15, 0.2) is 5.82 Å². The molecule has 1 aliphatic heterocycles. The van der Waals surface area contributed by atoms with E-state index >= 15 is 0 Å². The summed E-state index contributed by atoms with van der Waals surface area (Å²) in [4.78, 5) is 32.6. The lowest BCUT2D eigenvalue weighted by Gasteiger charge is -2.25. The minimum atomic E-state index is -0.241. The van der Waals surface area contributed by atoms with E-state index < -0.39 is 0 Å². The Morgan fingerprint density at radius 1 is 1.13 bits per heavy atom. The summed E-state index contributed by atoms with van der Waals surface area (Å²) in [5, 5.41) is 3.83. The second-order valence-electron chi connectivity index (χ2n) is 6.50. The summed E-state index contributed by atoms with van der Waals surface area (Å²) in [5.74, 6) is 1.41. The SMILES string of the molecule is CC(=O)N1CCN(C(=O)C2CCCC2)CCC1c1nc(C)no1. The molecule has 0 bridgehead atoms. The Labute approximate surface area is 136 Å². The van der Waals surface area contributed by atoms with Crippen LogP contribution in [0.4, 0.5) is 0 Å². The molecule has 1 aromatic rings. The fourth-order valence-electron chi connectivity index (χ4n) is 3.66. The molecule has 2 fully saturated rings. The van der Waals surface area contributed by atoms with Crippen molar-refractivity contribution in [2.24, 2.45) is 5.92 Å². The number of hydrogen-bond donors (Lipinski definition) is 0. The molecule has 1 saturated heterocycles. The van der Waals surface area contributed by atoms with Crippen LogP contribution in [0.5, 0.6) is 0 Å². The van der Waals surface area contributed by atoms with E-state index in [0.717, 1.165) is 25.7 Å². The summed E-state index contributed by atoms with van der Waals surface area (Å²) in [6.07, 6.45) is 4.93. The molecular weight excluding hydrogens is 296 g/mol. The van der Waals surface area contributed by atoms with E-state index in [1.165, 1.54) is 0 Å². The summed E-state index contributed by atoms with van der Waals surface area (Å²) in [6, 6.07) is -0.241. The highest BCUT2D eigenvalue weighted by atomic mass is 16.5. The van der Waals surface area contributed by atoms with Crippen LogP contribution in [0.1, 0.15) is 56.8 Å². The minimum Gasteiger partial charge on any atom is -0.341 e. The van der Waals surface area contributed by atoms with Crippen LogP contribution in [0.2, 0.25) is 0 Å². The molecule has 2 aliphatic rings. The zero-order valence-electron chi connectivity index (χ0n) is 13.8. The lowest BCUT2D eigenvalue weighted by Crippen LogP contribution is -2.39. The van der Waals surface area contributed by atoms with Crippen LogP contribution in [-0.2, 0) is 9.59 Å². The number of amides is 2. The summed E-state index contributed by atoms with van der Waals surface area (Å²) < 4.78 is 5.28. The van der Waals surface area contributed by atoms with E-state index in [1.54, 1.807) is 18.7 Å². The maximum atomic E-state index is 12.6. The number of aromatic nitrogens is 2. The summed E-state index contributed by atoms with van der Waals surface area (Å²) in [7, 11) is 0. The van der Waals surface area contributed by atoms with Crippen LogP contribution in [0.15, 0.2) is 4.52 Å². The van der Waals surface area contributed by atoms with Gasteiger partial charge in [-0.15, -0.1) is 0 Å². The van der Waals surface area contributed by atoms with Crippen molar-refractivity contribution < 1.29 is 14.1 Å². The maximum Gasteiger partial charge on any atom is 0.249 e. The topological polar surface area (TPSA) is 79.5 Å². The van der Waals surface area contributed by atoms with Crippen LogP contribution in [0.25, 0.3) is 0 Å². The third kappa shape index (κ3) is 3.38. The van der Waals surface area contributed by atoms with Gasteiger partial charge in [0.1, 0.15) is 6.04 Å². The van der Waals surface area contributed by atoms with Gasteiger partial charge in [0, 0.05) is 32.5 Å². The smallest absolute Gasteiger partial charge is 0.249 e. The average molecular weight is 320 g/mol. The average Bonchev–Trinajstić information content (AvgIpc) is 3.14. The van der Waals surface area contributed by atoms with Crippen molar-refractivity contribution in [3.8, 4) is 0 Å². The van der Waals surface area contributed by atoms with Crippen LogP contribution < -0.4 is 0 Å². The number of carbonyl (C=O) groups is 2. The number of carbonyl (C=O) groups excluding carboxylic acids is 2. The summed E-state index contributed by atoms with van der Waals surface area (Å²) >= 11 is 0. The molecule has 3 rings (SSSR count). The number of rotatable bonds is 2. The van der Waals surface area contributed by atoms with Crippen molar-refractivity contribution in [2.75, 3.05) is 19.6 Å². The van der Waals surface area contributed by atoms with E-state index in [9.17, 15) is 9.59 Å². The van der Waals surface area contributed by atoms with Crippen molar-refractivity contribution in [3.05, 3.63) is 11.7 Å². The standard InChI is InChI=1S/C16H24N4O3/c1-11-17-15(23-18-11)14-7-8-19(9-10-20(14)12(2)21)16(22)13-5-3-4-6-13/h13-14H,3-10H2,1-2H3. The Kier molecular flexibility index (Phi) is 4.63. The third-order valence-electron chi connectivity index (χ3n) is 4.91. The Morgan fingerprint density at radius 3 is 2.48 bits per heavy atom. The van der Waals surface area contributed by atoms with Gasteiger partial charge in [0.2, 0.25) is 17.7 Å². The molecule has 23 heavy (non-hydrogen) atoms. The van der Waals surface area contributed by atoms with Crippen LogP contribution in [-0.4, -0.2) is 51.4 Å². The van der Waals surface area contributed by atoms with Crippen molar-refractivity contribution in [1.29, 1.82) is 0 Å². The number of aryl methyl sites for hydroxylation is 1. The molecule has 0 radical (unpaired) electrons. The maximum absolute atomic E-state index is 12.6. The second kappa shape index (κ2) is 6.68. The molecule has 126 valence electrons. The van der Waals surface area contributed by atoms with Crippen molar-refractivity contribution >= 4 is 11.8 Å². The van der Waals surface area contributed by atoms with E-state index in [0.29, 0.717) is 37.8 Å². The molecule has 1 unspecified atom stereocenters. The number of hydrogen-bond acceptors (Lipinski definition) is 5. The summed E-state index contributed by atoms with van der Waals surface area (Å²) in [6.45, 7) is 5.03. The van der Waals surface area contributed by atoms with E-state index in [2.05, 4.69) is 10.1 Å². The lowest BCUT2D eigenvalue weighted by atomic mass is 10.1. The Balaban J connectivity index is 1.74. The first-order valence-corrected chi connectivity index (χ1v) is 8.42. The molecule has 0 aromatic carbocycles. The van der Waals surface area contributed by atoms with Crippen LogP contribution in [0.3, 0.4) is 0 Å². The Morgan fingerprint density at radius 2 is 1.87 bits per heavy atom. The van der Waals surface area contributed by atoms with Crippen molar-refractivity contribution in [3.63, 3.8) is 0 Å². The normalized spacial score (nSPS) is 23.1. The molecule has 7 heteroatoms. The molecule has 1 aromatic heterocycles. The highest BCUT2D eigenvalue weighted by Gasteiger charge is 2.34.